The summed E-state index contributed by atoms with van der Waals surface area (Å²) in [6.07, 6.45) is 0.727. The quantitative estimate of drug-likeness (QED) is 0.352. The lowest BCUT2D eigenvalue weighted by Gasteiger charge is -2.21. The Labute approximate surface area is 216 Å². The second-order valence-electron chi connectivity index (χ2n) is 8.35. The summed E-state index contributed by atoms with van der Waals surface area (Å²) in [5.41, 5.74) is 5.09. The molecule has 200 valence electrons. The number of aliphatic hydroxyl groups excluding tert-OH is 1. The minimum atomic E-state index is -4.19. The molecule has 0 saturated carbocycles. The highest BCUT2D eigenvalue weighted by molar-refractivity contribution is 8.09. The number of halogens is 2. The molecule has 1 aromatic carbocycles. The van der Waals surface area contributed by atoms with Crippen LogP contribution in [-0.2, 0) is 26.5 Å². The summed E-state index contributed by atoms with van der Waals surface area (Å²) >= 11 is 0.825. The van der Waals surface area contributed by atoms with Crippen LogP contribution in [0, 0.1) is 18.6 Å². The number of carbonyl (C=O) groups excluding carboxylic acids is 1. The number of anilines is 3. The van der Waals surface area contributed by atoms with E-state index in [0.29, 0.717) is 0 Å². The van der Waals surface area contributed by atoms with Crippen LogP contribution in [0.15, 0.2) is 30.3 Å². The molecule has 10 nitrogen and oxygen atoms in total. The maximum absolute atomic E-state index is 14.8. The Morgan fingerprint density at radius 3 is 2.16 bits per heavy atom. The van der Waals surface area contributed by atoms with Gasteiger partial charge < -0.3 is 16.2 Å². The van der Waals surface area contributed by atoms with Crippen LogP contribution in [0.4, 0.5) is 25.3 Å². The van der Waals surface area contributed by atoms with Gasteiger partial charge in [-0.25, -0.2) is 30.6 Å². The number of nitrogens with one attached hydrogen (secondary N) is 1. The molecule has 1 atom stereocenters. The third kappa shape index (κ3) is 6.41. The Kier molecular flexibility index (Phi) is 7.93. The molecular weight excluding hydrogens is 550 g/mol. The topological polar surface area (TPSA) is 160 Å². The SMILES string of the molecule is Cc1nc(Nc2sc(-c3c(F)cc(CC(C)O)cc3F)cc2C(N)=O)ccc1N(S(C)(=O)=O)S(C)(=O)=O. The molecule has 15 heteroatoms. The van der Waals surface area contributed by atoms with Gasteiger partial charge in [-0.3, -0.25) is 4.79 Å². The Bertz CT molecular complexity index is 1530. The van der Waals surface area contributed by atoms with Gasteiger partial charge in [-0.05, 0) is 56.2 Å². The number of aryl methyl sites for hydroxylation is 1. The van der Waals surface area contributed by atoms with Crippen LogP contribution in [0.3, 0.4) is 0 Å². The molecule has 0 radical (unpaired) electrons. The lowest BCUT2D eigenvalue weighted by atomic mass is 10.0. The molecule has 3 aromatic rings. The molecule has 0 aliphatic rings. The summed E-state index contributed by atoms with van der Waals surface area (Å²) in [6, 6.07) is 5.91. The van der Waals surface area contributed by atoms with Gasteiger partial charge in [0.15, 0.2) is 0 Å². The summed E-state index contributed by atoms with van der Waals surface area (Å²) in [4.78, 5) is 16.3. The van der Waals surface area contributed by atoms with E-state index in [1.165, 1.54) is 32.0 Å². The zero-order chi connectivity index (χ0) is 27.9. The molecule has 0 aliphatic carbocycles. The summed E-state index contributed by atoms with van der Waals surface area (Å²) in [7, 11) is -8.38. The number of hydrogen-bond acceptors (Lipinski definition) is 9. The fourth-order valence-electron chi connectivity index (χ4n) is 3.65. The molecule has 1 amide bonds. The van der Waals surface area contributed by atoms with E-state index in [4.69, 9.17) is 5.73 Å². The first kappa shape index (κ1) is 28.4. The van der Waals surface area contributed by atoms with Crippen LogP contribution < -0.4 is 14.8 Å². The zero-order valence-electron chi connectivity index (χ0n) is 20.1. The summed E-state index contributed by atoms with van der Waals surface area (Å²) < 4.78 is 78.2. The van der Waals surface area contributed by atoms with Gasteiger partial charge in [0.25, 0.3) is 5.91 Å². The van der Waals surface area contributed by atoms with Crippen LogP contribution in [0.25, 0.3) is 10.4 Å². The van der Waals surface area contributed by atoms with E-state index < -0.39 is 43.7 Å². The minimum absolute atomic E-state index is 0.0315. The van der Waals surface area contributed by atoms with Crippen molar-refractivity contribution in [3.8, 4) is 10.4 Å². The lowest BCUT2D eigenvalue weighted by molar-refractivity contribution is 0.100. The van der Waals surface area contributed by atoms with E-state index >= 15 is 0 Å². The van der Waals surface area contributed by atoms with Gasteiger partial charge in [-0.2, -0.15) is 3.71 Å². The summed E-state index contributed by atoms with van der Waals surface area (Å²) in [5.74, 6) is -2.57. The number of carbonyl (C=O) groups is 1. The molecule has 0 saturated heterocycles. The number of primary amides is 1. The van der Waals surface area contributed by atoms with Crippen molar-refractivity contribution < 1.29 is 35.5 Å². The van der Waals surface area contributed by atoms with Gasteiger partial charge in [0.05, 0.1) is 41.1 Å². The molecule has 4 N–H and O–H groups in total. The number of nitrogens with zero attached hydrogens (tertiary/aromatic N) is 2. The molecule has 0 fully saturated rings. The first-order chi connectivity index (χ1) is 17.0. The van der Waals surface area contributed by atoms with Crippen molar-refractivity contribution >= 4 is 53.8 Å². The monoisotopic (exact) mass is 574 g/mol. The van der Waals surface area contributed by atoms with E-state index in [1.54, 1.807) is 0 Å². The van der Waals surface area contributed by atoms with Crippen LogP contribution in [0.2, 0.25) is 0 Å². The highest BCUT2D eigenvalue weighted by atomic mass is 32.3. The van der Waals surface area contributed by atoms with Crippen LogP contribution >= 0.6 is 11.3 Å². The normalized spacial score (nSPS) is 12.8. The first-order valence-corrected chi connectivity index (χ1v) is 15.1. The van der Waals surface area contributed by atoms with Gasteiger partial charge in [0.2, 0.25) is 20.0 Å². The van der Waals surface area contributed by atoms with Gasteiger partial charge in [-0.1, -0.05) is 0 Å². The van der Waals surface area contributed by atoms with E-state index in [0.717, 1.165) is 36.0 Å². The second kappa shape index (κ2) is 10.3. The number of benzene rings is 1. The average molecular weight is 575 g/mol. The molecule has 0 spiro atoms. The van der Waals surface area contributed by atoms with Crippen molar-refractivity contribution in [2.75, 3.05) is 21.5 Å². The van der Waals surface area contributed by atoms with E-state index in [-0.39, 0.29) is 53.9 Å². The number of aliphatic hydroxyl groups is 1. The average Bonchev–Trinajstić information content (AvgIpc) is 3.10. The van der Waals surface area contributed by atoms with Crippen LogP contribution in [0.1, 0.15) is 28.5 Å². The Morgan fingerprint density at radius 2 is 1.70 bits per heavy atom. The predicted octanol–water partition coefficient (Wildman–Crippen LogP) is 2.89. The van der Waals surface area contributed by atoms with Crippen LogP contribution in [0.5, 0.6) is 0 Å². The molecule has 0 bridgehead atoms. The van der Waals surface area contributed by atoms with Crippen molar-refractivity contribution in [1.29, 1.82) is 0 Å². The van der Waals surface area contributed by atoms with Gasteiger partial charge in [0.1, 0.15) is 22.5 Å². The maximum Gasteiger partial charge on any atom is 0.251 e. The molecule has 2 aromatic heterocycles. The Hall–Kier alpha value is -3.14. The third-order valence-electron chi connectivity index (χ3n) is 4.98. The Morgan fingerprint density at radius 1 is 1.14 bits per heavy atom. The molecule has 1 unspecified atom stereocenters. The van der Waals surface area contributed by atoms with Crippen molar-refractivity contribution in [3.63, 3.8) is 0 Å². The standard InChI is InChI=1S/C22H24F2N4O6S3/c1-11(29)7-13-8-15(23)20(16(24)9-13)18-10-14(21(25)30)22(35-18)27-19-6-5-17(12(2)26-19)28(36(3,31)32)37(4,33)34/h5-6,8-11,29H,7H2,1-4H3,(H2,25,30)(H,26,27). The smallest absolute Gasteiger partial charge is 0.251 e. The van der Waals surface area contributed by atoms with Crippen molar-refractivity contribution in [2.45, 2.75) is 26.4 Å². The highest BCUT2D eigenvalue weighted by Gasteiger charge is 2.29. The Balaban J connectivity index is 2.03. The highest BCUT2D eigenvalue weighted by Crippen LogP contribution is 2.39. The molecule has 0 aliphatic heterocycles. The van der Waals surface area contributed by atoms with Crippen LogP contribution in [-0.4, -0.2) is 51.4 Å². The van der Waals surface area contributed by atoms with E-state index in [2.05, 4.69) is 10.3 Å². The number of aromatic nitrogens is 1. The molecule has 3 rings (SSSR count). The maximum atomic E-state index is 14.8. The minimum Gasteiger partial charge on any atom is -0.393 e. The lowest BCUT2D eigenvalue weighted by Crippen LogP contribution is -2.35. The number of thiophene rings is 1. The molecule has 2 heterocycles. The van der Waals surface area contributed by atoms with E-state index in [1.807, 2.05) is 0 Å². The largest absolute Gasteiger partial charge is 0.393 e. The predicted molar refractivity (Wildman–Crippen MR) is 138 cm³/mol. The number of pyridine rings is 1. The van der Waals surface area contributed by atoms with Crippen molar-refractivity contribution in [1.82, 2.24) is 4.98 Å². The molecular formula is C22H24F2N4O6S3. The van der Waals surface area contributed by atoms with Crippen molar-refractivity contribution in [2.24, 2.45) is 5.73 Å². The summed E-state index contributed by atoms with van der Waals surface area (Å²) in [5, 5.41) is 12.4. The number of nitrogens with two attached hydrogens (primary N) is 1. The van der Waals surface area contributed by atoms with Gasteiger partial charge in [-0.15, -0.1) is 11.3 Å². The van der Waals surface area contributed by atoms with Gasteiger partial charge in [0, 0.05) is 4.88 Å². The van der Waals surface area contributed by atoms with E-state index in [9.17, 15) is 35.5 Å². The summed E-state index contributed by atoms with van der Waals surface area (Å²) in [6.45, 7) is 2.88. The fourth-order valence-corrected chi connectivity index (χ4v) is 7.83. The molecule has 37 heavy (non-hydrogen) atoms. The zero-order valence-corrected chi connectivity index (χ0v) is 22.6. The number of hydrogen-bond donors (Lipinski definition) is 3. The van der Waals surface area contributed by atoms with Gasteiger partial charge >= 0.3 is 0 Å². The fraction of sp³-hybridized carbons (Fsp3) is 0.273. The second-order valence-corrected chi connectivity index (χ2v) is 13.3. The third-order valence-corrected chi connectivity index (χ3v) is 9.27. The number of rotatable bonds is 9. The number of amides is 1. The van der Waals surface area contributed by atoms with Crippen molar-refractivity contribution in [3.05, 3.63) is 58.8 Å². The first-order valence-electron chi connectivity index (χ1n) is 10.5. The number of sulfonamides is 2.